The Labute approximate surface area is 157 Å². The summed E-state index contributed by atoms with van der Waals surface area (Å²) in [6, 6.07) is 10.4. The molecule has 0 unspecified atom stereocenters. The zero-order chi connectivity index (χ0) is 18.1. The van der Waals surface area contributed by atoms with Crippen molar-refractivity contribution < 1.29 is 14.0 Å². The molecule has 1 fully saturated rings. The van der Waals surface area contributed by atoms with Gasteiger partial charge >= 0.3 is 0 Å². The molecule has 0 spiro atoms. The molecule has 2 amide bonds. The Morgan fingerprint density at radius 2 is 1.76 bits per heavy atom. The lowest BCUT2D eigenvalue weighted by molar-refractivity contribution is -0.122. The van der Waals surface area contributed by atoms with Gasteiger partial charge in [0, 0.05) is 10.6 Å². The second-order valence-electron chi connectivity index (χ2n) is 5.07. The van der Waals surface area contributed by atoms with E-state index in [2.05, 4.69) is 5.32 Å². The summed E-state index contributed by atoms with van der Waals surface area (Å²) in [5.74, 6) is -2.05. The van der Waals surface area contributed by atoms with Gasteiger partial charge in [-0.25, -0.2) is 4.39 Å². The van der Waals surface area contributed by atoms with Crippen molar-refractivity contribution in [3.63, 3.8) is 0 Å². The average Bonchev–Trinajstić information content (AvgIpc) is 2.55. The number of amides is 2. The fourth-order valence-corrected chi connectivity index (χ4v) is 2.90. The van der Waals surface area contributed by atoms with E-state index in [1.807, 2.05) is 0 Å². The highest BCUT2D eigenvalue weighted by Crippen LogP contribution is 2.26. The molecule has 0 aromatic heterocycles. The predicted octanol–water partition coefficient (Wildman–Crippen LogP) is 3.96. The van der Waals surface area contributed by atoms with E-state index >= 15 is 0 Å². The SMILES string of the molecule is O=C1NC(=S)N(c2ccc(Cl)cc2)C(=O)/C1=C/c1c(F)cccc1Cl. The summed E-state index contributed by atoms with van der Waals surface area (Å²) in [6.45, 7) is 0. The normalized spacial score (nSPS) is 16.4. The minimum atomic E-state index is -0.723. The van der Waals surface area contributed by atoms with Crippen molar-refractivity contribution in [1.29, 1.82) is 0 Å². The molecule has 2 aromatic carbocycles. The molecule has 25 heavy (non-hydrogen) atoms. The van der Waals surface area contributed by atoms with Crippen LogP contribution in [0.25, 0.3) is 6.08 Å². The van der Waals surface area contributed by atoms with Crippen molar-refractivity contribution in [3.8, 4) is 0 Å². The zero-order valence-electron chi connectivity index (χ0n) is 12.4. The first-order chi connectivity index (χ1) is 11.9. The maximum Gasteiger partial charge on any atom is 0.270 e. The van der Waals surface area contributed by atoms with Crippen LogP contribution in [0.2, 0.25) is 10.0 Å². The van der Waals surface area contributed by atoms with Crippen molar-refractivity contribution in [2.45, 2.75) is 0 Å². The lowest BCUT2D eigenvalue weighted by Crippen LogP contribution is -2.54. The van der Waals surface area contributed by atoms with Gasteiger partial charge in [-0.3, -0.25) is 19.8 Å². The lowest BCUT2D eigenvalue weighted by atomic mass is 10.1. The number of hydrogen-bond acceptors (Lipinski definition) is 3. The quantitative estimate of drug-likeness (QED) is 0.476. The van der Waals surface area contributed by atoms with E-state index in [4.69, 9.17) is 35.4 Å². The number of hydrogen-bond donors (Lipinski definition) is 1. The highest BCUT2D eigenvalue weighted by atomic mass is 35.5. The number of nitrogens with one attached hydrogen (secondary N) is 1. The van der Waals surface area contributed by atoms with Crippen LogP contribution >= 0.6 is 35.4 Å². The smallest absolute Gasteiger partial charge is 0.270 e. The third kappa shape index (κ3) is 3.42. The molecule has 0 aliphatic carbocycles. The van der Waals surface area contributed by atoms with E-state index in [1.165, 1.54) is 18.2 Å². The summed E-state index contributed by atoms with van der Waals surface area (Å²) >= 11 is 16.9. The van der Waals surface area contributed by atoms with Crippen molar-refractivity contribution in [2.75, 3.05) is 4.90 Å². The Morgan fingerprint density at radius 3 is 2.40 bits per heavy atom. The monoisotopic (exact) mass is 394 g/mol. The van der Waals surface area contributed by atoms with Gasteiger partial charge in [-0.15, -0.1) is 0 Å². The maximum atomic E-state index is 14.0. The molecule has 0 saturated carbocycles. The Hall–Kier alpha value is -2.28. The van der Waals surface area contributed by atoms with Crippen molar-refractivity contribution >= 4 is 64.1 Å². The Balaban J connectivity index is 2.07. The van der Waals surface area contributed by atoms with Crippen LogP contribution in [0.5, 0.6) is 0 Å². The molecule has 8 heteroatoms. The number of halogens is 3. The molecule has 2 aromatic rings. The second kappa shape index (κ2) is 6.92. The molecule has 4 nitrogen and oxygen atoms in total. The summed E-state index contributed by atoms with van der Waals surface area (Å²) in [7, 11) is 0. The van der Waals surface area contributed by atoms with Gasteiger partial charge in [-0.2, -0.15) is 0 Å². The van der Waals surface area contributed by atoms with Gasteiger partial charge in [0.05, 0.1) is 10.7 Å². The number of anilines is 1. The van der Waals surface area contributed by atoms with Crippen molar-refractivity contribution in [1.82, 2.24) is 5.32 Å². The first kappa shape index (κ1) is 17.5. The number of carbonyl (C=O) groups is 2. The van der Waals surface area contributed by atoms with E-state index in [-0.39, 0.29) is 21.3 Å². The topological polar surface area (TPSA) is 49.4 Å². The van der Waals surface area contributed by atoms with Gasteiger partial charge in [-0.1, -0.05) is 29.3 Å². The lowest BCUT2D eigenvalue weighted by Gasteiger charge is -2.29. The minimum Gasteiger partial charge on any atom is -0.298 e. The molecule has 0 radical (unpaired) electrons. The van der Waals surface area contributed by atoms with Crippen LogP contribution in [0.15, 0.2) is 48.0 Å². The molecule has 1 N–H and O–H groups in total. The Kier molecular flexibility index (Phi) is 4.85. The second-order valence-corrected chi connectivity index (χ2v) is 6.30. The highest BCUT2D eigenvalue weighted by Gasteiger charge is 2.34. The highest BCUT2D eigenvalue weighted by molar-refractivity contribution is 7.80. The van der Waals surface area contributed by atoms with Crippen molar-refractivity contribution in [3.05, 3.63) is 69.5 Å². The molecule has 3 rings (SSSR count). The number of rotatable bonds is 2. The average molecular weight is 395 g/mol. The molecule has 126 valence electrons. The van der Waals surface area contributed by atoms with E-state index < -0.39 is 17.6 Å². The largest absolute Gasteiger partial charge is 0.298 e. The van der Waals surface area contributed by atoms with Gasteiger partial charge < -0.3 is 0 Å². The van der Waals surface area contributed by atoms with Gasteiger partial charge in [0.1, 0.15) is 11.4 Å². The summed E-state index contributed by atoms with van der Waals surface area (Å²) in [6.07, 6.45) is 1.11. The minimum absolute atomic E-state index is 0.0495. The van der Waals surface area contributed by atoms with Gasteiger partial charge in [-0.05, 0) is 54.7 Å². The van der Waals surface area contributed by atoms with Crippen LogP contribution < -0.4 is 10.2 Å². The van der Waals surface area contributed by atoms with Crippen LogP contribution in [-0.2, 0) is 9.59 Å². The fraction of sp³-hybridized carbons (Fsp3) is 0. The van der Waals surface area contributed by atoms with E-state index in [9.17, 15) is 14.0 Å². The van der Waals surface area contributed by atoms with Crippen LogP contribution in [0, 0.1) is 5.82 Å². The third-order valence-corrected chi connectivity index (χ3v) is 4.34. The summed E-state index contributed by atoms with van der Waals surface area (Å²) in [4.78, 5) is 26.1. The Morgan fingerprint density at radius 1 is 1.08 bits per heavy atom. The molecule has 1 aliphatic rings. The summed E-state index contributed by atoms with van der Waals surface area (Å²) in [5, 5.41) is 2.90. The van der Waals surface area contributed by atoms with E-state index in [0.717, 1.165) is 11.0 Å². The fourth-order valence-electron chi connectivity index (χ4n) is 2.28. The molecular weight excluding hydrogens is 386 g/mol. The van der Waals surface area contributed by atoms with Crippen LogP contribution in [0.1, 0.15) is 5.56 Å². The maximum absolute atomic E-state index is 14.0. The molecule has 1 saturated heterocycles. The van der Waals surface area contributed by atoms with Gasteiger partial charge in [0.2, 0.25) is 0 Å². The number of benzene rings is 2. The first-order valence-corrected chi connectivity index (χ1v) is 8.16. The number of thiocarbonyl (C=S) groups is 1. The molecule has 0 atom stereocenters. The molecule has 1 heterocycles. The first-order valence-electron chi connectivity index (χ1n) is 6.99. The standard InChI is InChI=1S/C17H9Cl2FN2O2S/c18-9-4-6-10(7-5-9)22-16(24)12(15(23)21-17(22)25)8-11-13(19)2-1-3-14(11)20/h1-8H,(H,21,23,25)/b12-8+. The molecule has 0 bridgehead atoms. The zero-order valence-corrected chi connectivity index (χ0v) is 14.8. The Bertz CT molecular complexity index is 908. The van der Waals surface area contributed by atoms with Gasteiger partial charge in [0.15, 0.2) is 5.11 Å². The van der Waals surface area contributed by atoms with Crippen molar-refractivity contribution in [2.24, 2.45) is 0 Å². The van der Waals surface area contributed by atoms with E-state index in [0.29, 0.717) is 10.7 Å². The van der Waals surface area contributed by atoms with E-state index in [1.54, 1.807) is 24.3 Å². The molecular formula is C17H9Cl2FN2O2S. The predicted molar refractivity (Wildman–Crippen MR) is 99.1 cm³/mol. The summed E-state index contributed by atoms with van der Waals surface area (Å²) < 4.78 is 14.0. The van der Waals surface area contributed by atoms with Crippen LogP contribution in [0.4, 0.5) is 10.1 Å². The number of nitrogens with zero attached hydrogens (tertiary/aromatic N) is 1. The van der Waals surface area contributed by atoms with Crippen LogP contribution in [0.3, 0.4) is 0 Å². The third-order valence-electron chi connectivity index (χ3n) is 3.47. The van der Waals surface area contributed by atoms with Crippen LogP contribution in [-0.4, -0.2) is 16.9 Å². The number of carbonyl (C=O) groups excluding carboxylic acids is 2. The van der Waals surface area contributed by atoms with Gasteiger partial charge in [0.25, 0.3) is 11.8 Å². The summed E-state index contributed by atoms with van der Waals surface area (Å²) in [5.41, 5.74) is 0.0898. The molecule has 1 aliphatic heterocycles.